The largest absolute Gasteiger partial charge is 0.355 e. The minimum atomic E-state index is -0.360. The van der Waals surface area contributed by atoms with E-state index < -0.39 is 0 Å². The molecule has 3 rings (SSSR count). The fourth-order valence-corrected chi connectivity index (χ4v) is 2.16. The zero-order valence-electron chi connectivity index (χ0n) is 11.2. The summed E-state index contributed by atoms with van der Waals surface area (Å²) in [5.41, 5.74) is 0.956. The number of carbonyl (C=O) groups excluding carboxylic acids is 1. The average Bonchev–Trinajstić information content (AvgIpc) is 3.11. The zero-order chi connectivity index (χ0) is 13.9. The summed E-state index contributed by atoms with van der Waals surface area (Å²) in [6.07, 6.45) is 2.35. The molecule has 0 unspecified atom stereocenters. The second-order valence-corrected chi connectivity index (χ2v) is 4.76. The lowest BCUT2D eigenvalue weighted by Crippen LogP contribution is -2.20. The third-order valence-electron chi connectivity index (χ3n) is 3.18. The number of nitrogens with zero attached hydrogens (tertiary/aromatic N) is 4. The number of aryl methyl sites for hydroxylation is 1. The SMILES string of the molecule is Cc1cc(NC(=O)c2ccc(N3CCCC3)nn2)on1. The van der Waals surface area contributed by atoms with E-state index in [9.17, 15) is 4.79 Å². The van der Waals surface area contributed by atoms with Crippen LogP contribution in [0, 0.1) is 6.92 Å². The van der Waals surface area contributed by atoms with Crippen molar-refractivity contribution < 1.29 is 9.32 Å². The van der Waals surface area contributed by atoms with E-state index in [1.165, 1.54) is 12.8 Å². The molecule has 1 saturated heterocycles. The van der Waals surface area contributed by atoms with E-state index >= 15 is 0 Å². The monoisotopic (exact) mass is 273 g/mol. The second-order valence-electron chi connectivity index (χ2n) is 4.76. The number of hydrogen-bond acceptors (Lipinski definition) is 6. The summed E-state index contributed by atoms with van der Waals surface area (Å²) in [5.74, 6) is 0.758. The van der Waals surface area contributed by atoms with E-state index in [2.05, 4.69) is 25.6 Å². The Bertz CT molecular complexity index is 601. The van der Waals surface area contributed by atoms with E-state index in [0.29, 0.717) is 11.6 Å². The molecule has 2 aromatic rings. The van der Waals surface area contributed by atoms with Gasteiger partial charge in [-0.05, 0) is 31.9 Å². The Labute approximate surface area is 116 Å². The second kappa shape index (κ2) is 5.28. The van der Waals surface area contributed by atoms with Crippen LogP contribution in [0.4, 0.5) is 11.7 Å². The predicted molar refractivity (Wildman–Crippen MR) is 72.7 cm³/mol. The van der Waals surface area contributed by atoms with Crippen molar-refractivity contribution in [3.05, 3.63) is 29.6 Å². The minimum absolute atomic E-state index is 0.252. The Kier molecular flexibility index (Phi) is 3.32. The summed E-state index contributed by atoms with van der Waals surface area (Å²) >= 11 is 0. The predicted octanol–water partition coefficient (Wildman–Crippen LogP) is 1.63. The van der Waals surface area contributed by atoms with Gasteiger partial charge in [-0.1, -0.05) is 5.16 Å². The lowest BCUT2D eigenvalue weighted by molar-refractivity contribution is 0.101. The van der Waals surface area contributed by atoms with Crippen molar-refractivity contribution in [3.8, 4) is 0 Å². The standard InChI is InChI=1S/C13H15N5O2/c1-9-8-12(20-17-9)14-13(19)10-4-5-11(16-15-10)18-6-2-3-7-18/h4-5,8H,2-3,6-7H2,1H3,(H,14,19). The highest BCUT2D eigenvalue weighted by Gasteiger charge is 2.16. The first kappa shape index (κ1) is 12.6. The van der Waals surface area contributed by atoms with Crippen LogP contribution in [0.2, 0.25) is 0 Å². The minimum Gasteiger partial charge on any atom is -0.355 e. The Morgan fingerprint density at radius 3 is 2.70 bits per heavy atom. The van der Waals surface area contributed by atoms with Crippen LogP contribution in [0.3, 0.4) is 0 Å². The van der Waals surface area contributed by atoms with Gasteiger partial charge in [-0.3, -0.25) is 10.1 Å². The molecule has 104 valence electrons. The first-order chi connectivity index (χ1) is 9.72. The Morgan fingerprint density at radius 2 is 2.10 bits per heavy atom. The number of hydrogen-bond donors (Lipinski definition) is 1. The molecule has 0 atom stereocenters. The quantitative estimate of drug-likeness (QED) is 0.914. The molecule has 1 fully saturated rings. The summed E-state index contributed by atoms with van der Waals surface area (Å²) < 4.78 is 4.92. The average molecular weight is 273 g/mol. The highest BCUT2D eigenvalue weighted by atomic mass is 16.5. The van der Waals surface area contributed by atoms with Crippen molar-refractivity contribution in [1.82, 2.24) is 15.4 Å². The Balaban J connectivity index is 1.68. The van der Waals surface area contributed by atoms with Crippen LogP contribution < -0.4 is 10.2 Å². The maximum Gasteiger partial charge on any atom is 0.278 e. The number of anilines is 2. The van der Waals surface area contributed by atoms with Gasteiger partial charge in [0.25, 0.3) is 5.91 Å². The third-order valence-corrected chi connectivity index (χ3v) is 3.18. The lowest BCUT2D eigenvalue weighted by atomic mass is 10.3. The van der Waals surface area contributed by atoms with Crippen LogP contribution in [-0.4, -0.2) is 34.4 Å². The summed E-state index contributed by atoms with van der Waals surface area (Å²) in [7, 11) is 0. The molecule has 1 aliphatic rings. The molecule has 20 heavy (non-hydrogen) atoms. The van der Waals surface area contributed by atoms with Gasteiger partial charge >= 0.3 is 0 Å². The van der Waals surface area contributed by atoms with Crippen molar-refractivity contribution in [3.63, 3.8) is 0 Å². The van der Waals surface area contributed by atoms with Crippen LogP contribution in [0.15, 0.2) is 22.7 Å². The molecular formula is C13H15N5O2. The topological polar surface area (TPSA) is 84.2 Å². The van der Waals surface area contributed by atoms with Crippen molar-refractivity contribution in [1.29, 1.82) is 0 Å². The summed E-state index contributed by atoms with van der Waals surface area (Å²) in [4.78, 5) is 14.1. The first-order valence-electron chi connectivity index (χ1n) is 6.56. The fraction of sp³-hybridized carbons (Fsp3) is 0.385. The number of aromatic nitrogens is 3. The molecule has 0 spiro atoms. The highest BCUT2D eigenvalue weighted by molar-refractivity contribution is 6.02. The number of nitrogens with one attached hydrogen (secondary N) is 1. The van der Waals surface area contributed by atoms with Crippen LogP contribution in [0.1, 0.15) is 29.0 Å². The van der Waals surface area contributed by atoms with Gasteiger partial charge in [-0.15, -0.1) is 10.2 Å². The van der Waals surface area contributed by atoms with Crippen molar-refractivity contribution in [2.24, 2.45) is 0 Å². The molecule has 0 aromatic carbocycles. The van der Waals surface area contributed by atoms with Gasteiger partial charge in [0.05, 0.1) is 5.69 Å². The maximum absolute atomic E-state index is 11.9. The van der Waals surface area contributed by atoms with Crippen LogP contribution in [-0.2, 0) is 0 Å². The van der Waals surface area contributed by atoms with Crippen molar-refractivity contribution in [2.75, 3.05) is 23.3 Å². The van der Waals surface area contributed by atoms with Crippen LogP contribution in [0.5, 0.6) is 0 Å². The summed E-state index contributed by atoms with van der Waals surface area (Å²) in [5, 5.41) is 14.3. The zero-order valence-corrected chi connectivity index (χ0v) is 11.2. The van der Waals surface area contributed by atoms with Gasteiger partial charge in [0.2, 0.25) is 5.88 Å². The van der Waals surface area contributed by atoms with E-state index in [0.717, 1.165) is 18.9 Å². The van der Waals surface area contributed by atoms with Crippen molar-refractivity contribution >= 4 is 17.6 Å². The molecule has 3 heterocycles. The molecule has 1 N–H and O–H groups in total. The first-order valence-corrected chi connectivity index (χ1v) is 6.56. The fourth-order valence-electron chi connectivity index (χ4n) is 2.16. The summed E-state index contributed by atoms with van der Waals surface area (Å²) in [6, 6.07) is 5.13. The molecular weight excluding hydrogens is 258 g/mol. The lowest BCUT2D eigenvalue weighted by Gasteiger charge is -2.14. The molecule has 0 bridgehead atoms. The molecule has 0 aliphatic carbocycles. The van der Waals surface area contributed by atoms with Gasteiger partial charge in [-0.25, -0.2) is 0 Å². The van der Waals surface area contributed by atoms with Crippen LogP contribution in [0.25, 0.3) is 0 Å². The van der Waals surface area contributed by atoms with Crippen molar-refractivity contribution in [2.45, 2.75) is 19.8 Å². The van der Waals surface area contributed by atoms with Gasteiger partial charge in [0.1, 0.15) is 0 Å². The van der Waals surface area contributed by atoms with E-state index in [4.69, 9.17) is 4.52 Å². The smallest absolute Gasteiger partial charge is 0.278 e. The molecule has 2 aromatic heterocycles. The van der Waals surface area contributed by atoms with Gasteiger partial charge < -0.3 is 9.42 Å². The molecule has 0 radical (unpaired) electrons. The van der Waals surface area contributed by atoms with Gasteiger partial charge in [0, 0.05) is 19.2 Å². The molecule has 0 saturated carbocycles. The van der Waals surface area contributed by atoms with E-state index in [1.54, 1.807) is 19.1 Å². The third kappa shape index (κ3) is 2.61. The molecule has 1 amide bonds. The van der Waals surface area contributed by atoms with E-state index in [-0.39, 0.29) is 11.6 Å². The van der Waals surface area contributed by atoms with E-state index in [1.807, 2.05) is 6.07 Å². The normalized spacial score (nSPS) is 14.6. The van der Waals surface area contributed by atoms with Crippen LogP contribution >= 0.6 is 0 Å². The number of rotatable bonds is 3. The molecule has 7 heteroatoms. The maximum atomic E-state index is 11.9. The number of carbonyl (C=O) groups is 1. The molecule has 1 aliphatic heterocycles. The highest BCUT2D eigenvalue weighted by Crippen LogP contribution is 2.17. The van der Waals surface area contributed by atoms with Gasteiger partial charge in [-0.2, -0.15) is 0 Å². The molecule has 7 nitrogen and oxygen atoms in total. The van der Waals surface area contributed by atoms with Gasteiger partial charge in [0.15, 0.2) is 11.5 Å². The number of amides is 1. The Morgan fingerprint density at radius 1 is 1.30 bits per heavy atom. The summed E-state index contributed by atoms with van der Waals surface area (Å²) in [6.45, 7) is 3.78. The Hall–Kier alpha value is -2.44.